The number of halogens is 1. The Labute approximate surface area is 90.2 Å². The number of hydrogen-bond acceptors (Lipinski definition) is 2. The second-order valence-corrected chi connectivity index (χ2v) is 4.52. The van der Waals surface area contributed by atoms with Crippen LogP contribution in [0.1, 0.15) is 25.0 Å². The lowest BCUT2D eigenvalue weighted by Crippen LogP contribution is -2.34. The molecule has 0 unspecified atom stereocenters. The largest absolute Gasteiger partial charge is 0.380 e. The van der Waals surface area contributed by atoms with Crippen LogP contribution in [0, 0.1) is 5.82 Å². The third-order valence-electron chi connectivity index (χ3n) is 2.07. The summed E-state index contributed by atoms with van der Waals surface area (Å²) in [7, 11) is 1.62. The first kappa shape index (κ1) is 12.1. The van der Waals surface area contributed by atoms with Gasteiger partial charge in [0.25, 0.3) is 0 Å². The van der Waals surface area contributed by atoms with Gasteiger partial charge in [0.2, 0.25) is 0 Å². The van der Waals surface area contributed by atoms with Crippen molar-refractivity contribution in [1.29, 1.82) is 0 Å². The van der Waals surface area contributed by atoms with Crippen molar-refractivity contribution in [2.45, 2.75) is 32.4 Å². The van der Waals surface area contributed by atoms with Crippen LogP contribution < -0.4 is 5.73 Å². The van der Waals surface area contributed by atoms with Gasteiger partial charge >= 0.3 is 0 Å². The van der Waals surface area contributed by atoms with E-state index in [1.165, 1.54) is 6.07 Å². The van der Waals surface area contributed by atoms with Crippen molar-refractivity contribution in [3.63, 3.8) is 0 Å². The van der Waals surface area contributed by atoms with Crippen LogP contribution in [0.5, 0.6) is 0 Å². The van der Waals surface area contributed by atoms with Crippen LogP contribution >= 0.6 is 0 Å². The number of nitrogens with two attached hydrogens (primary N) is 1. The molecule has 0 aliphatic heterocycles. The van der Waals surface area contributed by atoms with Gasteiger partial charge in [-0.15, -0.1) is 0 Å². The van der Waals surface area contributed by atoms with E-state index in [1.807, 2.05) is 19.9 Å². The third kappa shape index (κ3) is 3.98. The predicted octanol–water partition coefficient (Wildman–Crippen LogP) is 2.25. The highest BCUT2D eigenvalue weighted by Crippen LogP contribution is 2.16. The molecule has 1 aromatic carbocycles. The fourth-order valence-corrected chi connectivity index (χ4v) is 1.51. The molecule has 0 aromatic heterocycles. The summed E-state index contributed by atoms with van der Waals surface area (Å²) in [6.07, 6.45) is 0.524. The Kier molecular flexibility index (Phi) is 3.83. The van der Waals surface area contributed by atoms with E-state index >= 15 is 0 Å². The summed E-state index contributed by atoms with van der Waals surface area (Å²) >= 11 is 0. The Morgan fingerprint density at radius 2 is 2.07 bits per heavy atom. The van der Waals surface area contributed by atoms with E-state index in [9.17, 15) is 4.39 Å². The van der Waals surface area contributed by atoms with Crippen molar-refractivity contribution in [3.8, 4) is 0 Å². The number of hydrogen-bond donors (Lipinski definition) is 1. The molecule has 0 saturated heterocycles. The fraction of sp³-hybridized carbons (Fsp3) is 0.500. The lowest BCUT2D eigenvalue weighted by Gasteiger charge is -2.19. The van der Waals surface area contributed by atoms with Crippen LogP contribution in [0.15, 0.2) is 18.2 Å². The molecule has 2 nitrogen and oxygen atoms in total. The summed E-state index contributed by atoms with van der Waals surface area (Å²) in [4.78, 5) is 0. The maximum absolute atomic E-state index is 13.4. The zero-order valence-electron chi connectivity index (χ0n) is 9.51. The number of rotatable bonds is 4. The minimum atomic E-state index is -0.396. The van der Waals surface area contributed by atoms with E-state index in [0.717, 1.165) is 5.56 Å². The lowest BCUT2D eigenvalue weighted by atomic mass is 9.95. The molecule has 3 heteroatoms. The number of benzene rings is 1. The molecule has 0 atom stereocenters. The molecule has 0 spiro atoms. The zero-order valence-corrected chi connectivity index (χ0v) is 9.51. The first-order chi connectivity index (χ1) is 6.92. The van der Waals surface area contributed by atoms with Crippen LogP contribution in [-0.2, 0) is 17.8 Å². The normalized spacial score (nSPS) is 11.8. The van der Waals surface area contributed by atoms with Crippen LogP contribution in [0.25, 0.3) is 0 Å². The van der Waals surface area contributed by atoms with Crippen molar-refractivity contribution in [2.75, 3.05) is 7.11 Å². The molecule has 1 rings (SSSR count). The van der Waals surface area contributed by atoms with Gasteiger partial charge in [0, 0.05) is 12.6 Å². The molecule has 0 fully saturated rings. The highest BCUT2D eigenvalue weighted by Gasteiger charge is 2.14. The molecule has 0 saturated carbocycles. The molecule has 0 bridgehead atoms. The van der Waals surface area contributed by atoms with Gasteiger partial charge in [-0.3, -0.25) is 0 Å². The van der Waals surface area contributed by atoms with Crippen LogP contribution in [0.4, 0.5) is 4.39 Å². The van der Waals surface area contributed by atoms with Crippen molar-refractivity contribution in [2.24, 2.45) is 5.73 Å². The van der Waals surface area contributed by atoms with Gasteiger partial charge in [-0.25, -0.2) is 4.39 Å². The van der Waals surface area contributed by atoms with Gasteiger partial charge in [-0.1, -0.05) is 12.1 Å². The Bertz CT molecular complexity index is 331. The standard InChI is InChI=1S/C12H18FNO/c1-12(2,14)7-10-6-9(8-15-3)4-5-11(10)13/h4-6H,7-8,14H2,1-3H3. The Balaban J connectivity index is 2.90. The summed E-state index contributed by atoms with van der Waals surface area (Å²) in [5.41, 5.74) is 7.09. The van der Waals surface area contributed by atoms with Gasteiger partial charge in [0.15, 0.2) is 0 Å². The summed E-state index contributed by atoms with van der Waals surface area (Å²) in [6, 6.07) is 5.01. The van der Waals surface area contributed by atoms with E-state index < -0.39 is 5.54 Å². The fourth-order valence-electron chi connectivity index (χ4n) is 1.51. The SMILES string of the molecule is COCc1ccc(F)c(CC(C)(C)N)c1. The van der Waals surface area contributed by atoms with E-state index in [2.05, 4.69) is 0 Å². The van der Waals surface area contributed by atoms with Crippen LogP contribution in [0.3, 0.4) is 0 Å². The minimum absolute atomic E-state index is 0.201. The highest BCUT2D eigenvalue weighted by molar-refractivity contribution is 5.26. The molecule has 84 valence electrons. The predicted molar refractivity (Wildman–Crippen MR) is 59.1 cm³/mol. The number of ether oxygens (including phenoxy) is 1. The molecule has 0 amide bonds. The zero-order chi connectivity index (χ0) is 11.5. The molecular weight excluding hydrogens is 193 g/mol. The van der Waals surface area contributed by atoms with E-state index in [4.69, 9.17) is 10.5 Å². The first-order valence-corrected chi connectivity index (χ1v) is 4.97. The van der Waals surface area contributed by atoms with Crippen molar-refractivity contribution < 1.29 is 9.13 Å². The highest BCUT2D eigenvalue weighted by atomic mass is 19.1. The van der Waals surface area contributed by atoms with Gasteiger partial charge in [0.05, 0.1) is 6.61 Å². The Morgan fingerprint density at radius 3 is 2.60 bits per heavy atom. The maximum atomic E-state index is 13.4. The molecule has 0 radical (unpaired) electrons. The molecule has 0 aliphatic rings. The third-order valence-corrected chi connectivity index (χ3v) is 2.07. The molecule has 0 aliphatic carbocycles. The molecule has 1 aromatic rings. The Hall–Kier alpha value is -0.930. The van der Waals surface area contributed by atoms with E-state index in [1.54, 1.807) is 13.2 Å². The first-order valence-electron chi connectivity index (χ1n) is 4.97. The van der Waals surface area contributed by atoms with Crippen LogP contribution in [-0.4, -0.2) is 12.6 Å². The Morgan fingerprint density at radius 1 is 1.40 bits per heavy atom. The van der Waals surface area contributed by atoms with E-state index in [-0.39, 0.29) is 5.82 Å². The van der Waals surface area contributed by atoms with Crippen molar-refractivity contribution in [3.05, 3.63) is 35.1 Å². The summed E-state index contributed by atoms with van der Waals surface area (Å²) in [5.74, 6) is -0.201. The maximum Gasteiger partial charge on any atom is 0.126 e. The monoisotopic (exact) mass is 211 g/mol. The van der Waals surface area contributed by atoms with Gasteiger partial charge < -0.3 is 10.5 Å². The second-order valence-electron chi connectivity index (χ2n) is 4.52. The summed E-state index contributed by atoms with van der Waals surface area (Å²) in [6.45, 7) is 4.27. The lowest BCUT2D eigenvalue weighted by molar-refractivity contribution is 0.184. The van der Waals surface area contributed by atoms with Gasteiger partial charge in [-0.05, 0) is 37.5 Å². The summed E-state index contributed by atoms with van der Waals surface area (Å²) in [5, 5.41) is 0. The van der Waals surface area contributed by atoms with Crippen molar-refractivity contribution >= 4 is 0 Å². The minimum Gasteiger partial charge on any atom is -0.380 e. The van der Waals surface area contributed by atoms with Gasteiger partial charge in [-0.2, -0.15) is 0 Å². The molecule has 2 N–H and O–H groups in total. The average Bonchev–Trinajstić information content (AvgIpc) is 2.09. The molecular formula is C12H18FNO. The second kappa shape index (κ2) is 4.73. The summed E-state index contributed by atoms with van der Waals surface area (Å²) < 4.78 is 18.4. The van der Waals surface area contributed by atoms with Crippen LogP contribution in [0.2, 0.25) is 0 Å². The topological polar surface area (TPSA) is 35.2 Å². The molecule has 15 heavy (non-hydrogen) atoms. The quantitative estimate of drug-likeness (QED) is 0.829. The average molecular weight is 211 g/mol. The van der Waals surface area contributed by atoms with E-state index in [0.29, 0.717) is 18.6 Å². The smallest absolute Gasteiger partial charge is 0.126 e. The van der Waals surface area contributed by atoms with Crippen molar-refractivity contribution in [1.82, 2.24) is 0 Å². The number of methoxy groups -OCH3 is 1. The van der Waals surface area contributed by atoms with Gasteiger partial charge in [0.1, 0.15) is 5.82 Å². The molecule has 0 heterocycles.